The van der Waals surface area contributed by atoms with Crippen LogP contribution in [-0.2, 0) is 4.79 Å². The minimum Gasteiger partial charge on any atom is -0.369 e. The van der Waals surface area contributed by atoms with E-state index in [1.807, 2.05) is 0 Å². The van der Waals surface area contributed by atoms with Crippen molar-refractivity contribution >= 4 is 34.8 Å². The van der Waals surface area contributed by atoms with Gasteiger partial charge < -0.3 is 10.2 Å². The van der Waals surface area contributed by atoms with E-state index >= 15 is 0 Å². The number of rotatable bonds is 6. The average Bonchev–Trinajstić information content (AvgIpc) is 2.85. The molecule has 116 valence electrons. The van der Waals surface area contributed by atoms with Crippen LogP contribution in [0.25, 0.3) is 0 Å². The number of hydrogen-bond donors (Lipinski definition) is 1. The first-order valence-corrected chi connectivity index (χ1v) is 8.39. The topological polar surface area (TPSA) is 32.3 Å². The molecule has 1 saturated heterocycles. The van der Waals surface area contributed by atoms with Crippen molar-refractivity contribution in [3.8, 4) is 0 Å². The highest BCUT2D eigenvalue weighted by Gasteiger charge is 2.27. The van der Waals surface area contributed by atoms with Gasteiger partial charge in [0.1, 0.15) is 0 Å². The van der Waals surface area contributed by atoms with Gasteiger partial charge in [-0.1, -0.05) is 6.07 Å². The fourth-order valence-electron chi connectivity index (χ4n) is 3.19. The molecule has 0 bridgehead atoms. The van der Waals surface area contributed by atoms with Crippen LogP contribution in [0.2, 0.25) is 0 Å². The molecular weight excluding hydrogens is 307 g/mol. The highest BCUT2D eigenvalue weighted by Crippen LogP contribution is 2.34. The molecule has 1 aromatic carbocycles. The molecule has 0 aromatic heterocycles. The minimum absolute atomic E-state index is 0.141. The number of nitrogens with zero attached hydrogens (tertiary/aromatic N) is 1. The summed E-state index contributed by atoms with van der Waals surface area (Å²) in [6.45, 7) is 6.53. The monoisotopic (exact) mass is 328 g/mol. The van der Waals surface area contributed by atoms with Crippen LogP contribution in [-0.4, -0.2) is 37.3 Å². The number of anilines is 1. The van der Waals surface area contributed by atoms with Gasteiger partial charge >= 0.3 is 0 Å². The lowest BCUT2D eigenvalue weighted by atomic mass is 9.89. The SMILES string of the molecule is Cc1ccc(N(CCCl)CCCl)c(C)c1C1CNC(=O)C1. The zero-order valence-corrected chi connectivity index (χ0v) is 14.1. The highest BCUT2D eigenvalue weighted by atomic mass is 35.5. The molecule has 21 heavy (non-hydrogen) atoms. The Hall–Kier alpha value is -0.930. The largest absolute Gasteiger partial charge is 0.369 e. The number of halogens is 2. The van der Waals surface area contributed by atoms with Gasteiger partial charge in [-0.25, -0.2) is 0 Å². The lowest BCUT2D eigenvalue weighted by molar-refractivity contribution is -0.119. The quantitative estimate of drug-likeness (QED) is 0.813. The van der Waals surface area contributed by atoms with Gasteiger partial charge in [-0.2, -0.15) is 0 Å². The van der Waals surface area contributed by atoms with Gasteiger partial charge in [0.25, 0.3) is 0 Å². The molecule has 1 unspecified atom stereocenters. The van der Waals surface area contributed by atoms with E-state index in [0.29, 0.717) is 18.2 Å². The van der Waals surface area contributed by atoms with E-state index in [1.54, 1.807) is 0 Å². The summed E-state index contributed by atoms with van der Waals surface area (Å²) in [5.41, 5.74) is 4.96. The van der Waals surface area contributed by atoms with Crippen LogP contribution in [0.15, 0.2) is 12.1 Å². The molecule has 1 amide bonds. The Morgan fingerprint density at radius 2 is 1.90 bits per heavy atom. The van der Waals surface area contributed by atoms with E-state index in [-0.39, 0.29) is 11.8 Å². The van der Waals surface area contributed by atoms with Crippen LogP contribution < -0.4 is 10.2 Å². The third kappa shape index (κ3) is 3.64. The standard InChI is InChI=1S/C16H22Cl2N2O/c1-11-3-4-14(20(7-5-17)8-6-18)12(2)16(11)13-9-15(21)19-10-13/h3-4,13H,5-10H2,1-2H3,(H,19,21). The zero-order chi connectivity index (χ0) is 15.4. The fraction of sp³-hybridized carbons (Fsp3) is 0.562. The number of carbonyl (C=O) groups is 1. The van der Waals surface area contributed by atoms with Crippen molar-refractivity contribution in [3.05, 3.63) is 28.8 Å². The van der Waals surface area contributed by atoms with Crippen LogP contribution in [0.1, 0.15) is 29.0 Å². The molecule has 3 nitrogen and oxygen atoms in total. The predicted octanol–water partition coefficient (Wildman–Crippen LogP) is 3.19. The van der Waals surface area contributed by atoms with E-state index in [1.165, 1.54) is 22.4 Å². The van der Waals surface area contributed by atoms with Gasteiger partial charge in [-0.05, 0) is 36.6 Å². The molecule has 2 rings (SSSR count). The van der Waals surface area contributed by atoms with E-state index in [4.69, 9.17) is 23.2 Å². The van der Waals surface area contributed by atoms with E-state index in [2.05, 4.69) is 36.2 Å². The van der Waals surface area contributed by atoms with Crippen molar-refractivity contribution < 1.29 is 4.79 Å². The van der Waals surface area contributed by atoms with Gasteiger partial charge in [-0.15, -0.1) is 23.2 Å². The fourth-order valence-corrected chi connectivity index (χ4v) is 3.60. The van der Waals surface area contributed by atoms with Crippen molar-refractivity contribution in [3.63, 3.8) is 0 Å². The number of hydrogen-bond acceptors (Lipinski definition) is 2. The van der Waals surface area contributed by atoms with Crippen molar-refractivity contribution in [2.45, 2.75) is 26.2 Å². The van der Waals surface area contributed by atoms with Gasteiger partial charge in [0.15, 0.2) is 0 Å². The molecule has 5 heteroatoms. The second-order valence-corrected chi connectivity index (χ2v) is 6.27. The Balaban J connectivity index is 2.37. The summed E-state index contributed by atoms with van der Waals surface area (Å²) in [5, 5.41) is 2.93. The molecule has 0 spiro atoms. The van der Waals surface area contributed by atoms with Crippen LogP contribution in [0.5, 0.6) is 0 Å². The van der Waals surface area contributed by atoms with Crippen molar-refractivity contribution in [1.29, 1.82) is 0 Å². The summed E-state index contributed by atoms with van der Waals surface area (Å²) >= 11 is 11.8. The van der Waals surface area contributed by atoms with Crippen LogP contribution in [0, 0.1) is 13.8 Å². The number of carbonyl (C=O) groups excluding carboxylic acids is 1. The molecule has 0 radical (unpaired) electrons. The molecule has 1 atom stereocenters. The second-order valence-electron chi connectivity index (χ2n) is 5.51. The summed E-state index contributed by atoms with van der Waals surface area (Å²) in [5.74, 6) is 1.56. The number of amides is 1. The van der Waals surface area contributed by atoms with Crippen LogP contribution in [0.3, 0.4) is 0 Å². The smallest absolute Gasteiger partial charge is 0.220 e. The molecule has 0 saturated carbocycles. The summed E-state index contributed by atoms with van der Waals surface area (Å²) < 4.78 is 0. The average molecular weight is 329 g/mol. The number of nitrogens with one attached hydrogen (secondary N) is 1. The van der Waals surface area contributed by atoms with Gasteiger partial charge in [0, 0.05) is 49.4 Å². The van der Waals surface area contributed by atoms with Crippen molar-refractivity contribution in [2.75, 3.05) is 36.3 Å². The Morgan fingerprint density at radius 1 is 1.24 bits per heavy atom. The molecule has 1 heterocycles. The first-order valence-electron chi connectivity index (χ1n) is 7.32. The van der Waals surface area contributed by atoms with E-state index in [0.717, 1.165) is 19.6 Å². The van der Waals surface area contributed by atoms with Crippen LogP contribution >= 0.6 is 23.2 Å². The lowest BCUT2D eigenvalue weighted by Gasteiger charge is -2.28. The third-order valence-electron chi connectivity index (χ3n) is 4.14. The third-order valence-corrected chi connectivity index (χ3v) is 4.48. The summed E-state index contributed by atoms with van der Waals surface area (Å²) in [7, 11) is 0. The zero-order valence-electron chi connectivity index (χ0n) is 12.6. The molecule has 1 fully saturated rings. The van der Waals surface area contributed by atoms with Gasteiger partial charge in [0.05, 0.1) is 0 Å². The Kier molecular flexibility index (Phi) is 5.77. The summed E-state index contributed by atoms with van der Waals surface area (Å²) in [6, 6.07) is 4.27. The predicted molar refractivity (Wildman–Crippen MR) is 89.9 cm³/mol. The lowest BCUT2D eigenvalue weighted by Crippen LogP contribution is -2.28. The Bertz CT molecular complexity index is 513. The van der Waals surface area contributed by atoms with E-state index < -0.39 is 0 Å². The molecule has 1 aromatic rings. The van der Waals surface area contributed by atoms with Crippen molar-refractivity contribution in [1.82, 2.24) is 5.32 Å². The van der Waals surface area contributed by atoms with E-state index in [9.17, 15) is 4.79 Å². The molecule has 1 aliphatic rings. The first-order chi connectivity index (χ1) is 10.1. The number of aryl methyl sites for hydroxylation is 1. The van der Waals surface area contributed by atoms with Gasteiger partial charge in [-0.3, -0.25) is 4.79 Å². The first kappa shape index (κ1) is 16.4. The minimum atomic E-state index is 0.141. The Labute approximate surface area is 136 Å². The summed E-state index contributed by atoms with van der Waals surface area (Å²) in [6.07, 6.45) is 0.580. The van der Waals surface area contributed by atoms with Crippen LogP contribution in [0.4, 0.5) is 5.69 Å². The summed E-state index contributed by atoms with van der Waals surface area (Å²) in [4.78, 5) is 13.7. The Morgan fingerprint density at radius 3 is 2.43 bits per heavy atom. The normalized spacial score (nSPS) is 17.9. The second kappa shape index (κ2) is 7.37. The molecule has 0 aliphatic carbocycles. The number of alkyl halides is 2. The molecule has 1 aliphatic heterocycles. The van der Waals surface area contributed by atoms with Crippen molar-refractivity contribution in [2.24, 2.45) is 0 Å². The highest BCUT2D eigenvalue weighted by molar-refractivity contribution is 6.18. The van der Waals surface area contributed by atoms with Gasteiger partial charge in [0.2, 0.25) is 5.91 Å². The number of benzene rings is 1. The molecular formula is C16H22Cl2N2O. The maximum Gasteiger partial charge on any atom is 0.220 e. The maximum absolute atomic E-state index is 11.5. The molecule has 1 N–H and O–H groups in total. The maximum atomic E-state index is 11.5.